The highest BCUT2D eigenvalue weighted by Gasteiger charge is 2.33. The van der Waals surface area contributed by atoms with E-state index in [1.807, 2.05) is 0 Å². The molecule has 0 radical (unpaired) electrons. The number of amides is 1. The number of halogens is 3. The number of hydrogen-bond acceptors (Lipinski definition) is 3. The number of carboxylic acid groups (broad SMARTS) is 1. The van der Waals surface area contributed by atoms with Crippen molar-refractivity contribution in [2.75, 3.05) is 13.1 Å². The number of hydrogen-bond donors (Lipinski definition) is 1. The molecular formula is C13H13F3N2O3. The Kier molecular flexibility index (Phi) is 4.15. The Morgan fingerprint density at radius 3 is 2.57 bits per heavy atom. The van der Waals surface area contributed by atoms with Gasteiger partial charge in [0.05, 0.1) is 11.5 Å². The van der Waals surface area contributed by atoms with E-state index in [1.54, 1.807) is 0 Å². The van der Waals surface area contributed by atoms with E-state index in [1.165, 1.54) is 4.90 Å². The van der Waals surface area contributed by atoms with Gasteiger partial charge in [0.1, 0.15) is 5.69 Å². The highest BCUT2D eigenvalue weighted by Crippen LogP contribution is 2.27. The molecule has 114 valence electrons. The van der Waals surface area contributed by atoms with Crippen LogP contribution in [0.4, 0.5) is 13.2 Å². The number of likely N-dealkylation sites (tertiary alicyclic amines) is 1. The first-order valence-electron chi connectivity index (χ1n) is 6.34. The predicted octanol–water partition coefficient (Wildman–Crippen LogP) is 2.04. The van der Waals surface area contributed by atoms with Crippen LogP contribution < -0.4 is 0 Å². The molecule has 1 aromatic rings. The minimum Gasteiger partial charge on any atom is -0.481 e. The Labute approximate surface area is 118 Å². The second kappa shape index (κ2) is 5.71. The Hall–Kier alpha value is -2.12. The molecule has 1 aliphatic heterocycles. The first-order valence-corrected chi connectivity index (χ1v) is 6.34. The molecule has 1 saturated heterocycles. The number of piperidine rings is 1. The second-order valence-corrected chi connectivity index (χ2v) is 4.86. The number of alkyl halides is 3. The van der Waals surface area contributed by atoms with Gasteiger partial charge in [0.2, 0.25) is 0 Å². The molecule has 1 atom stereocenters. The van der Waals surface area contributed by atoms with Gasteiger partial charge < -0.3 is 10.0 Å². The van der Waals surface area contributed by atoms with Crippen LogP contribution in [0.25, 0.3) is 0 Å². The molecule has 0 bridgehead atoms. The minimum absolute atomic E-state index is 0.0223. The molecule has 5 nitrogen and oxygen atoms in total. The molecule has 2 heterocycles. The van der Waals surface area contributed by atoms with Gasteiger partial charge in [-0.2, -0.15) is 13.2 Å². The fraction of sp³-hybridized carbons (Fsp3) is 0.462. The number of carboxylic acids is 1. The van der Waals surface area contributed by atoms with Crippen LogP contribution in [0.5, 0.6) is 0 Å². The molecule has 1 N–H and O–H groups in total. The molecule has 8 heteroatoms. The van der Waals surface area contributed by atoms with Gasteiger partial charge in [-0.3, -0.25) is 14.6 Å². The number of nitrogens with zero attached hydrogens (tertiary/aromatic N) is 2. The number of rotatable bonds is 2. The van der Waals surface area contributed by atoms with Crippen LogP contribution in [0.3, 0.4) is 0 Å². The highest BCUT2D eigenvalue weighted by molar-refractivity contribution is 5.94. The summed E-state index contributed by atoms with van der Waals surface area (Å²) in [6, 6.07) is 1.80. The number of aliphatic carboxylic acids is 1. The van der Waals surface area contributed by atoms with Gasteiger partial charge in [-0.1, -0.05) is 0 Å². The van der Waals surface area contributed by atoms with Crippen LogP contribution in [0.1, 0.15) is 28.9 Å². The van der Waals surface area contributed by atoms with Crippen molar-refractivity contribution < 1.29 is 27.9 Å². The SMILES string of the molecule is O=C(O)C1CCCN(C(=O)c2ccc(C(F)(F)F)nc2)C1. The molecule has 1 unspecified atom stereocenters. The summed E-state index contributed by atoms with van der Waals surface area (Å²) in [7, 11) is 0. The number of pyridine rings is 1. The summed E-state index contributed by atoms with van der Waals surface area (Å²) in [5, 5.41) is 8.96. The summed E-state index contributed by atoms with van der Waals surface area (Å²) in [5.41, 5.74) is -1.05. The first kappa shape index (κ1) is 15.3. The monoisotopic (exact) mass is 302 g/mol. The van der Waals surface area contributed by atoms with Crippen LogP contribution in [0.15, 0.2) is 18.3 Å². The molecule has 0 aromatic carbocycles. The van der Waals surface area contributed by atoms with Crippen molar-refractivity contribution in [2.24, 2.45) is 5.92 Å². The van der Waals surface area contributed by atoms with E-state index in [0.29, 0.717) is 19.4 Å². The van der Waals surface area contributed by atoms with Crippen LogP contribution in [-0.4, -0.2) is 40.0 Å². The number of carbonyl (C=O) groups excluding carboxylic acids is 1. The summed E-state index contributed by atoms with van der Waals surface area (Å²) in [6.07, 6.45) is -2.64. The van der Waals surface area contributed by atoms with E-state index in [0.717, 1.165) is 18.3 Å². The van der Waals surface area contributed by atoms with Crippen LogP contribution >= 0.6 is 0 Å². The minimum atomic E-state index is -4.55. The number of aromatic nitrogens is 1. The summed E-state index contributed by atoms with van der Waals surface area (Å²) in [6.45, 7) is 0.457. The van der Waals surface area contributed by atoms with Crippen molar-refractivity contribution >= 4 is 11.9 Å². The van der Waals surface area contributed by atoms with Crippen molar-refractivity contribution in [3.05, 3.63) is 29.6 Å². The lowest BCUT2D eigenvalue weighted by atomic mass is 9.98. The largest absolute Gasteiger partial charge is 0.481 e. The maximum Gasteiger partial charge on any atom is 0.433 e. The van der Waals surface area contributed by atoms with Crippen molar-refractivity contribution in [1.82, 2.24) is 9.88 Å². The fourth-order valence-corrected chi connectivity index (χ4v) is 2.23. The van der Waals surface area contributed by atoms with Gasteiger partial charge in [-0.15, -0.1) is 0 Å². The van der Waals surface area contributed by atoms with Gasteiger partial charge in [0.15, 0.2) is 0 Å². The van der Waals surface area contributed by atoms with E-state index in [2.05, 4.69) is 4.98 Å². The van der Waals surface area contributed by atoms with Gasteiger partial charge >= 0.3 is 12.1 Å². The topological polar surface area (TPSA) is 70.5 Å². The molecule has 21 heavy (non-hydrogen) atoms. The number of carbonyl (C=O) groups is 2. The zero-order valence-electron chi connectivity index (χ0n) is 10.9. The second-order valence-electron chi connectivity index (χ2n) is 4.86. The lowest BCUT2D eigenvalue weighted by Crippen LogP contribution is -2.42. The summed E-state index contributed by atoms with van der Waals surface area (Å²) in [4.78, 5) is 27.7. The van der Waals surface area contributed by atoms with Crippen LogP contribution in [0.2, 0.25) is 0 Å². The summed E-state index contributed by atoms with van der Waals surface area (Å²) >= 11 is 0. The fourth-order valence-electron chi connectivity index (χ4n) is 2.23. The Morgan fingerprint density at radius 1 is 1.33 bits per heavy atom. The lowest BCUT2D eigenvalue weighted by Gasteiger charge is -2.30. The van der Waals surface area contributed by atoms with Crippen LogP contribution in [-0.2, 0) is 11.0 Å². The smallest absolute Gasteiger partial charge is 0.433 e. The Morgan fingerprint density at radius 2 is 2.05 bits per heavy atom. The van der Waals surface area contributed by atoms with Gasteiger partial charge in [-0.05, 0) is 25.0 Å². The van der Waals surface area contributed by atoms with E-state index in [4.69, 9.17) is 5.11 Å². The van der Waals surface area contributed by atoms with Crippen molar-refractivity contribution in [3.63, 3.8) is 0 Å². The standard InChI is InChI=1S/C13H13F3N2O3/c14-13(15,16)10-4-3-8(6-17-10)11(19)18-5-1-2-9(7-18)12(20)21/h3-4,6,9H,1-2,5,7H2,(H,20,21). The molecule has 0 aliphatic carbocycles. The first-order chi connectivity index (χ1) is 9.79. The van der Waals surface area contributed by atoms with Crippen molar-refractivity contribution in [2.45, 2.75) is 19.0 Å². The van der Waals surface area contributed by atoms with E-state index < -0.39 is 29.7 Å². The lowest BCUT2D eigenvalue weighted by molar-refractivity contribution is -0.143. The normalized spacial score (nSPS) is 19.4. The van der Waals surface area contributed by atoms with E-state index >= 15 is 0 Å². The highest BCUT2D eigenvalue weighted by atomic mass is 19.4. The average molecular weight is 302 g/mol. The molecule has 1 fully saturated rings. The Balaban J connectivity index is 2.11. The third kappa shape index (κ3) is 3.50. The quantitative estimate of drug-likeness (QED) is 0.907. The van der Waals surface area contributed by atoms with Crippen molar-refractivity contribution in [1.29, 1.82) is 0 Å². The Bertz CT molecular complexity index is 543. The molecule has 2 rings (SSSR count). The third-order valence-electron chi connectivity index (χ3n) is 3.36. The molecular weight excluding hydrogens is 289 g/mol. The summed E-state index contributed by atoms with van der Waals surface area (Å²) < 4.78 is 37.2. The predicted molar refractivity (Wildman–Crippen MR) is 65.5 cm³/mol. The van der Waals surface area contributed by atoms with Gasteiger partial charge in [-0.25, -0.2) is 0 Å². The zero-order valence-corrected chi connectivity index (χ0v) is 10.9. The van der Waals surface area contributed by atoms with Crippen LogP contribution in [0, 0.1) is 5.92 Å². The zero-order chi connectivity index (χ0) is 15.6. The average Bonchev–Trinajstić information content (AvgIpc) is 2.46. The molecule has 1 aliphatic rings. The van der Waals surface area contributed by atoms with E-state index in [9.17, 15) is 22.8 Å². The molecule has 1 aromatic heterocycles. The van der Waals surface area contributed by atoms with Gasteiger partial charge in [0, 0.05) is 19.3 Å². The molecule has 1 amide bonds. The molecule has 0 spiro atoms. The maximum atomic E-state index is 12.4. The molecule has 0 saturated carbocycles. The maximum absolute atomic E-state index is 12.4. The third-order valence-corrected chi connectivity index (χ3v) is 3.36. The summed E-state index contributed by atoms with van der Waals surface area (Å²) in [5.74, 6) is -2.11. The van der Waals surface area contributed by atoms with Gasteiger partial charge in [0.25, 0.3) is 5.91 Å². The van der Waals surface area contributed by atoms with Crippen molar-refractivity contribution in [3.8, 4) is 0 Å². The van der Waals surface area contributed by atoms with E-state index in [-0.39, 0.29) is 12.1 Å².